The minimum absolute atomic E-state index is 0.548. The van der Waals surface area contributed by atoms with Crippen LogP contribution < -0.4 is 4.57 Å². The van der Waals surface area contributed by atoms with E-state index in [0.717, 1.165) is 55.6 Å². The molecule has 0 fully saturated rings. The topological polar surface area (TPSA) is 21.4 Å². The lowest BCUT2D eigenvalue weighted by molar-refractivity contribution is -0.667. The summed E-state index contributed by atoms with van der Waals surface area (Å²) < 4.78 is 26.5. The molecule has 0 aliphatic heterocycles. The lowest BCUT2D eigenvalue weighted by Crippen LogP contribution is -2.36. The first-order valence-corrected chi connectivity index (χ1v) is 12.3. The zero-order valence-corrected chi connectivity index (χ0v) is 22.1. The van der Waals surface area contributed by atoms with E-state index in [2.05, 4.69) is 47.5 Å². The van der Waals surface area contributed by atoms with Crippen molar-refractivity contribution in [3.8, 4) is 22.4 Å². The molecule has 36 heavy (non-hydrogen) atoms. The van der Waals surface area contributed by atoms with Crippen molar-refractivity contribution >= 4 is 27.6 Å². The number of benzene rings is 3. The van der Waals surface area contributed by atoms with Crippen LogP contribution in [0.5, 0.6) is 0 Å². The van der Waals surface area contributed by atoms with Gasteiger partial charge in [0, 0.05) is 37.6 Å². The first-order chi connectivity index (χ1) is 17.9. The Kier molecular flexibility index (Phi) is 5.13. The average molecular weight is 476 g/mol. The summed E-state index contributed by atoms with van der Waals surface area (Å²) in [6.45, 7) is 19.7. The maximum absolute atomic E-state index is 8.85. The van der Waals surface area contributed by atoms with Gasteiger partial charge in [-0.2, -0.15) is 4.57 Å². The first-order valence-electron chi connectivity index (χ1n) is 13.3. The summed E-state index contributed by atoms with van der Waals surface area (Å²) in [7, 11) is 1.99. The van der Waals surface area contributed by atoms with Crippen LogP contribution in [-0.4, -0.2) is 0 Å². The molecule has 0 aliphatic carbocycles. The standard InChI is InChI=1S/C33H33N2O/c1-20-9-12-23(13-10-20)30-27(34-7)17-16-26-25-15-11-21(2)29(31(25)36-32(26)30)28-18-14-24(19-33(4,5)6)22(3)35(28)8/h9-18H,19H2,1-6,8H3/q+1/i19D2. The summed E-state index contributed by atoms with van der Waals surface area (Å²) in [6, 6.07) is 20.2. The van der Waals surface area contributed by atoms with E-state index in [4.69, 9.17) is 13.7 Å². The van der Waals surface area contributed by atoms with E-state index in [0.29, 0.717) is 16.8 Å². The van der Waals surface area contributed by atoms with Gasteiger partial charge >= 0.3 is 0 Å². The van der Waals surface area contributed by atoms with Crippen LogP contribution in [0.3, 0.4) is 0 Å². The van der Waals surface area contributed by atoms with Crippen molar-refractivity contribution in [1.82, 2.24) is 0 Å². The Labute approximate surface area is 216 Å². The molecule has 5 aromatic rings. The molecule has 0 radical (unpaired) electrons. The maximum atomic E-state index is 8.85. The fourth-order valence-electron chi connectivity index (χ4n) is 4.95. The molecule has 180 valence electrons. The minimum Gasteiger partial charge on any atom is -0.456 e. The van der Waals surface area contributed by atoms with Crippen LogP contribution in [0.2, 0.25) is 0 Å². The number of hydrogen-bond acceptors (Lipinski definition) is 1. The molecule has 5 rings (SSSR count). The van der Waals surface area contributed by atoms with Gasteiger partial charge in [0.1, 0.15) is 18.2 Å². The quantitative estimate of drug-likeness (QED) is 0.189. The number of aromatic nitrogens is 1. The highest BCUT2D eigenvalue weighted by molar-refractivity contribution is 6.15. The van der Waals surface area contributed by atoms with E-state index in [1.807, 2.05) is 71.1 Å². The van der Waals surface area contributed by atoms with Gasteiger partial charge in [0.2, 0.25) is 5.69 Å². The molecular formula is C33H33N2O+. The molecule has 0 atom stereocenters. The van der Waals surface area contributed by atoms with E-state index < -0.39 is 11.8 Å². The summed E-state index contributed by atoms with van der Waals surface area (Å²) in [5.74, 6) is 0. The van der Waals surface area contributed by atoms with E-state index in [1.165, 1.54) is 0 Å². The lowest BCUT2D eigenvalue weighted by Gasteiger charge is -2.19. The molecule has 3 heteroatoms. The zero-order valence-electron chi connectivity index (χ0n) is 24.1. The molecule has 2 aromatic heterocycles. The van der Waals surface area contributed by atoms with E-state index in [1.54, 1.807) is 0 Å². The normalized spacial score (nSPS) is 13.1. The van der Waals surface area contributed by atoms with Crippen molar-refractivity contribution < 1.29 is 11.7 Å². The third-order valence-electron chi connectivity index (χ3n) is 6.88. The number of furan rings is 1. The minimum atomic E-state index is -1.49. The van der Waals surface area contributed by atoms with Crippen LogP contribution in [0, 0.1) is 32.8 Å². The van der Waals surface area contributed by atoms with Crippen molar-refractivity contribution in [3.05, 3.63) is 94.5 Å². The van der Waals surface area contributed by atoms with E-state index in [9.17, 15) is 0 Å². The second-order valence-corrected chi connectivity index (χ2v) is 10.7. The van der Waals surface area contributed by atoms with Crippen molar-refractivity contribution in [2.75, 3.05) is 0 Å². The highest BCUT2D eigenvalue weighted by atomic mass is 16.3. The zero-order chi connectivity index (χ0) is 27.6. The first kappa shape index (κ1) is 21.4. The van der Waals surface area contributed by atoms with Gasteiger partial charge in [0.05, 0.1) is 12.1 Å². The predicted molar refractivity (Wildman–Crippen MR) is 149 cm³/mol. The van der Waals surface area contributed by atoms with Gasteiger partial charge < -0.3 is 4.42 Å². The fraction of sp³-hybridized carbons (Fsp3) is 0.273. The molecule has 3 nitrogen and oxygen atoms in total. The van der Waals surface area contributed by atoms with Crippen LogP contribution >= 0.6 is 0 Å². The summed E-state index contributed by atoms with van der Waals surface area (Å²) in [6.07, 6.45) is -1.49. The van der Waals surface area contributed by atoms with Gasteiger partial charge in [-0.15, -0.1) is 0 Å². The Morgan fingerprint density at radius 3 is 2.14 bits per heavy atom. The van der Waals surface area contributed by atoms with Crippen LogP contribution in [0.15, 0.2) is 65.1 Å². The fourth-order valence-corrected chi connectivity index (χ4v) is 4.95. The Morgan fingerprint density at radius 1 is 0.861 bits per heavy atom. The summed E-state index contributed by atoms with van der Waals surface area (Å²) >= 11 is 0. The monoisotopic (exact) mass is 475 g/mol. The number of rotatable bonds is 3. The van der Waals surface area contributed by atoms with Crippen LogP contribution in [0.4, 0.5) is 5.69 Å². The van der Waals surface area contributed by atoms with E-state index >= 15 is 0 Å². The Hall–Kier alpha value is -3.90. The molecule has 0 saturated carbocycles. The van der Waals surface area contributed by atoms with Crippen molar-refractivity contribution in [1.29, 1.82) is 0 Å². The van der Waals surface area contributed by atoms with Gasteiger partial charge in [-0.05, 0) is 42.8 Å². The van der Waals surface area contributed by atoms with Crippen LogP contribution in [-0.2, 0) is 13.4 Å². The maximum Gasteiger partial charge on any atom is 0.216 e. The Balaban J connectivity index is 1.82. The molecule has 0 spiro atoms. The summed E-state index contributed by atoms with van der Waals surface area (Å²) in [5.41, 5.74) is 9.01. The third kappa shape index (κ3) is 3.97. The molecule has 0 aliphatic rings. The molecule has 0 saturated heterocycles. The second-order valence-electron chi connectivity index (χ2n) is 10.7. The number of pyridine rings is 1. The van der Waals surface area contributed by atoms with Crippen molar-refractivity contribution in [2.45, 2.75) is 47.9 Å². The van der Waals surface area contributed by atoms with Crippen LogP contribution in [0.1, 0.15) is 45.9 Å². The molecule has 0 amide bonds. The Morgan fingerprint density at radius 2 is 1.50 bits per heavy atom. The number of hydrogen-bond donors (Lipinski definition) is 0. The average Bonchev–Trinajstić information content (AvgIpc) is 3.23. The highest BCUT2D eigenvalue weighted by Gasteiger charge is 2.25. The van der Waals surface area contributed by atoms with Gasteiger partial charge in [-0.25, -0.2) is 4.85 Å². The van der Waals surface area contributed by atoms with Gasteiger partial charge in [0.15, 0.2) is 11.4 Å². The third-order valence-corrected chi connectivity index (χ3v) is 6.88. The van der Waals surface area contributed by atoms with Gasteiger partial charge in [0.25, 0.3) is 0 Å². The summed E-state index contributed by atoms with van der Waals surface area (Å²) in [4.78, 5) is 3.82. The van der Waals surface area contributed by atoms with Crippen LogP contribution in [0.25, 0.3) is 49.2 Å². The number of nitrogens with zero attached hydrogens (tertiary/aromatic N) is 2. The Bertz CT molecular complexity index is 1760. The SMILES string of the molecule is [2H]C([2H])(c1ccc(-c2c(C)ccc3c2oc2c(-c4ccc(C)cc4)c([N+]#[C-])ccc23)[n+](C)c1C)C(C)(C)C. The van der Waals surface area contributed by atoms with Crippen molar-refractivity contribution in [2.24, 2.45) is 12.5 Å². The van der Waals surface area contributed by atoms with E-state index in [-0.39, 0.29) is 0 Å². The summed E-state index contributed by atoms with van der Waals surface area (Å²) in [5, 5.41) is 1.97. The predicted octanol–water partition coefficient (Wildman–Crippen LogP) is 8.81. The highest BCUT2D eigenvalue weighted by Crippen LogP contribution is 2.44. The lowest BCUT2D eigenvalue weighted by atomic mass is 9.87. The second kappa shape index (κ2) is 8.64. The largest absolute Gasteiger partial charge is 0.456 e. The molecule has 3 aromatic carbocycles. The van der Waals surface area contributed by atoms with Crippen molar-refractivity contribution in [3.63, 3.8) is 0 Å². The molecular weight excluding hydrogens is 440 g/mol. The number of fused-ring (bicyclic) bond motifs is 3. The molecule has 0 unspecified atom stereocenters. The van der Waals surface area contributed by atoms with Gasteiger partial charge in [-0.3, -0.25) is 0 Å². The smallest absolute Gasteiger partial charge is 0.216 e. The number of aryl methyl sites for hydroxylation is 2. The molecule has 0 bridgehead atoms. The van der Waals surface area contributed by atoms with Gasteiger partial charge in [-0.1, -0.05) is 74.9 Å². The molecule has 0 N–H and O–H groups in total. The molecule has 2 heterocycles.